The van der Waals surface area contributed by atoms with E-state index in [9.17, 15) is 0 Å². The Balaban J connectivity index is 1.14. The lowest BCUT2D eigenvalue weighted by Gasteiger charge is -2.41. The van der Waals surface area contributed by atoms with E-state index in [1.165, 1.54) is 11.8 Å². The first-order valence-corrected chi connectivity index (χ1v) is 12.8. The first-order valence-electron chi connectivity index (χ1n) is 11.6. The van der Waals surface area contributed by atoms with E-state index in [2.05, 4.69) is 29.7 Å². The summed E-state index contributed by atoms with van der Waals surface area (Å²) in [5.41, 5.74) is 9.75. The Morgan fingerprint density at radius 3 is 2.60 bits per heavy atom. The molecule has 0 aromatic carbocycles. The van der Waals surface area contributed by atoms with Gasteiger partial charge in [0.05, 0.1) is 34.8 Å². The third kappa shape index (κ3) is 3.89. The van der Waals surface area contributed by atoms with Crippen molar-refractivity contribution >= 4 is 29.2 Å². The molecule has 2 aliphatic heterocycles. The molecule has 2 aliphatic rings. The van der Waals surface area contributed by atoms with E-state index in [-0.39, 0.29) is 11.5 Å². The molecule has 6 rings (SSSR count). The van der Waals surface area contributed by atoms with Crippen LogP contribution in [0.4, 0.5) is 5.82 Å². The molecule has 11 heteroatoms. The van der Waals surface area contributed by atoms with E-state index in [0.717, 1.165) is 65.3 Å². The van der Waals surface area contributed by atoms with Crippen LogP contribution in [0.2, 0.25) is 5.02 Å². The number of nitrogens with zero attached hydrogens (tertiary/aromatic N) is 8. The van der Waals surface area contributed by atoms with E-state index in [0.29, 0.717) is 10.8 Å². The predicted molar refractivity (Wildman–Crippen MR) is 135 cm³/mol. The van der Waals surface area contributed by atoms with Crippen LogP contribution >= 0.6 is 23.4 Å². The van der Waals surface area contributed by atoms with Crippen molar-refractivity contribution in [1.82, 2.24) is 34.5 Å². The first-order chi connectivity index (χ1) is 16.9. The maximum atomic E-state index is 6.71. The molecule has 0 saturated carbocycles. The number of nitrogens with two attached hydrogens (primary N) is 1. The smallest absolute Gasteiger partial charge is 0.173 e. The van der Waals surface area contributed by atoms with Gasteiger partial charge in [0.15, 0.2) is 5.82 Å². The van der Waals surface area contributed by atoms with Crippen molar-refractivity contribution in [2.24, 2.45) is 11.1 Å². The van der Waals surface area contributed by atoms with Gasteiger partial charge in [0.1, 0.15) is 10.8 Å². The number of halogens is 1. The second-order valence-corrected chi connectivity index (χ2v) is 10.8. The zero-order valence-electron chi connectivity index (χ0n) is 19.6. The molecule has 1 fully saturated rings. The Bertz CT molecular complexity index is 1370. The van der Waals surface area contributed by atoms with Crippen molar-refractivity contribution in [3.63, 3.8) is 0 Å². The second kappa shape index (κ2) is 8.61. The molecule has 1 saturated heterocycles. The fraction of sp³-hybridized carbons (Fsp3) is 0.375. The number of fused-ring (bicyclic) bond motifs is 1. The van der Waals surface area contributed by atoms with Crippen LogP contribution in [0.25, 0.3) is 5.82 Å². The molecule has 35 heavy (non-hydrogen) atoms. The molecular weight excluding hydrogens is 482 g/mol. The zero-order chi connectivity index (χ0) is 24.2. The predicted octanol–water partition coefficient (Wildman–Crippen LogP) is 3.98. The number of aryl methyl sites for hydroxylation is 2. The van der Waals surface area contributed by atoms with Crippen molar-refractivity contribution in [2.45, 2.75) is 49.2 Å². The number of piperidine rings is 1. The first kappa shape index (κ1) is 22.5. The number of aromatic nitrogens is 7. The molecule has 6 heterocycles. The third-order valence-electron chi connectivity index (χ3n) is 7.15. The molecule has 1 spiro atoms. The SMILES string of the molecule is Cc1cc(C)n(-c2nccc(Sc3cnc(N4CCC5(CC4)Cn4nccc4[C@H]5N)cn3)c2Cl)n1. The van der Waals surface area contributed by atoms with Crippen molar-refractivity contribution in [3.8, 4) is 5.82 Å². The highest BCUT2D eigenvalue weighted by Gasteiger charge is 2.46. The monoisotopic (exact) mass is 507 g/mol. The molecule has 4 aromatic rings. The second-order valence-electron chi connectivity index (χ2n) is 9.34. The van der Waals surface area contributed by atoms with Gasteiger partial charge in [-0.3, -0.25) is 4.68 Å². The highest BCUT2D eigenvalue weighted by atomic mass is 35.5. The minimum Gasteiger partial charge on any atom is -0.355 e. The summed E-state index contributed by atoms with van der Waals surface area (Å²) in [5, 5.41) is 10.3. The maximum absolute atomic E-state index is 6.71. The van der Waals surface area contributed by atoms with Crippen LogP contribution in [0.15, 0.2) is 52.9 Å². The molecule has 4 aromatic heterocycles. The molecule has 0 unspecified atom stereocenters. The third-order valence-corrected chi connectivity index (χ3v) is 8.62. The molecule has 2 N–H and O–H groups in total. The van der Waals surface area contributed by atoms with E-state index in [1.54, 1.807) is 17.1 Å². The van der Waals surface area contributed by atoms with E-state index in [4.69, 9.17) is 22.3 Å². The Hall–Kier alpha value is -2.95. The Morgan fingerprint density at radius 1 is 1.09 bits per heavy atom. The van der Waals surface area contributed by atoms with E-state index >= 15 is 0 Å². The van der Waals surface area contributed by atoms with Gasteiger partial charge in [0.2, 0.25) is 0 Å². The number of pyridine rings is 1. The van der Waals surface area contributed by atoms with Crippen LogP contribution in [-0.4, -0.2) is 47.6 Å². The Kier molecular flexibility index (Phi) is 5.54. The summed E-state index contributed by atoms with van der Waals surface area (Å²) in [6, 6.07) is 5.97. The molecular formula is C24H26ClN9S. The largest absolute Gasteiger partial charge is 0.355 e. The van der Waals surface area contributed by atoms with Gasteiger partial charge >= 0.3 is 0 Å². The van der Waals surface area contributed by atoms with Gasteiger partial charge in [-0.15, -0.1) is 0 Å². The summed E-state index contributed by atoms with van der Waals surface area (Å²) in [5.74, 6) is 1.50. The number of anilines is 1. The van der Waals surface area contributed by atoms with Crippen molar-refractivity contribution in [3.05, 3.63) is 65.1 Å². The Morgan fingerprint density at radius 2 is 1.91 bits per heavy atom. The fourth-order valence-corrected chi connectivity index (χ4v) is 6.28. The summed E-state index contributed by atoms with van der Waals surface area (Å²) >= 11 is 8.18. The van der Waals surface area contributed by atoms with E-state index in [1.807, 2.05) is 44.4 Å². The summed E-state index contributed by atoms with van der Waals surface area (Å²) in [6.07, 6.45) is 9.25. The highest BCUT2D eigenvalue weighted by Crippen LogP contribution is 2.47. The molecule has 9 nitrogen and oxygen atoms in total. The average molecular weight is 508 g/mol. The minimum atomic E-state index is 0.0430. The average Bonchev–Trinajstić information content (AvgIpc) is 3.52. The van der Waals surface area contributed by atoms with Crippen molar-refractivity contribution < 1.29 is 0 Å². The lowest BCUT2D eigenvalue weighted by atomic mass is 9.73. The van der Waals surface area contributed by atoms with Crippen LogP contribution in [0, 0.1) is 19.3 Å². The van der Waals surface area contributed by atoms with Crippen molar-refractivity contribution in [1.29, 1.82) is 0 Å². The lowest BCUT2D eigenvalue weighted by Crippen LogP contribution is -2.45. The molecule has 1 atom stereocenters. The topological polar surface area (TPSA) is 104 Å². The van der Waals surface area contributed by atoms with Gasteiger partial charge in [-0.1, -0.05) is 23.4 Å². The number of hydrogen-bond donors (Lipinski definition) is 1. The van der Waals surface area contributed by atoms with Crippen molar-refractivity contribution in [2.75, 3.05) is 18.0 Å². The van der Waals surface area contributed by atoms with Gasteiger partial charge in [0, 0.05) is 48.0 Å². The van der Waals surface area contributed by atoms with Crippen LogP contribution < -0.4 is 10.6 Å². The minimum absolute atomic E-state index is 0.0430. The standard InChI is InChI=1S/C24H26ClN9S/c1-15-11-16(2)34(31-15)23-21(25)18(4-7-27-23)35-20-13-28-19(12-29-20)32-9-5-24(6-10-32)14-33-17(22(24)26)3-8-30-33/h3-4,7-8,11-13,22H,5-6,9-10,14,26H2,1-2H3/t22-/m1/s1. The van der Waals surface area contributed by atoms with Gasteiger partial charge < -0.3 is 10.6 Å². The summed E-state index contributed by atoms with van der Waals surface area (Å²) < 4.78 is 3.83. The fourth-order valence-electron chi connectivity index (χ4n) is 5.22. The zero-order valence-corrected chi connectivity index (χ0v) is 21.2. The van der Waals surface area contributed by atoms with Crippen LogP contribution in [0.1, 0.15) is 36.0 Å². The molecule has 0 amide bonds. The number of rotatable bonds is 4. The normalized spacial score (nSPS) is 18.9. The maximum Gasteiger partial charge on any atom is 0.173 e. The van der Waals surface area contributed by atoms with Crippen LogP contribution in [0.3, 0.4) is 0 Å². The quantitative estimate of drug-likeness (QED) is 0.442. The van der Waals surface area contributed by atoms with Crippen LogP contribution in [-0.2, 0) is 6.54 Å². The summed E-state index contributed by atoms with van der Waals surface area (Å²) in [7, 11) is 0. The molecule has 0 bridgehead atoms. The highest BCUT2D eigenvalue weighted by molar-refractivity contribution is 7.99. The molecule has 0 aliphatic carbocycles. The van der Waals surface area contributed by atoms with Gasteiger partial charge in [-0.25, -0.2) is 19.6 Å². The van der Waals surface area contributed by atoms with E-state index < -0.39 is 0 Å². The van der Waals surface area contributed by atoms with Gasteiger partial charge in [-0.05, 0) is 44.9 Å². The Labute approximate surface area is 212 Å². The number of hydrogen-bond acceptors (Lipinski definition) is 8. The summed E-state index contributed by atoms with van der Waals surface area (Å²) in [4.78, 5) is 17.0. The summed E-state index contributed by atoms with van der Waals surface area (Å²) in [6.45, 7) is 6.65. The lowest BCUT2D eigenvalue weighted by molar-refractivity contribution is 0.170. The van der Waals surface area contributed by atoms with Gasteiger partial charge in [0.25, 0.3) is 0 Å². The van der Waals surface area contributed by atoms with Crippen LogP contribution in [0.5, 0.6) is 0 Å². The molecule has 180 valence electrons. The molecule has 0 radical (unpaired) electrons. The van der Waals surface area contributed by atoms with Gasteiger partial charge in [-0.2, -0.15) is 10.2 Å².